The first-order valence-corrected chi connectivity index (χ1v) is 12.1. The van der Waals surface area contributed by atoms with E-state index >= 15 is 0 Å². The van der Waals surface area contributed by atoms with Crippen molar-refractivity contribution in [2.24, 2.45) is 0 Å². The van der Waals surface area contributed by atoms with E-state index in [1.165, 1.54) is 57.8 Å². The molecule has 1 aliphatic rings. The van der Waals surface area contributed by atoms with E-state index in [9.17, 15) is 0 Å². The first-order chi connectivity index (χ1) is 15.7. The van der Waals surface area contributed by atoms with Crippen molar-refractivity contribution in [3.63, 3.8) is 0 Å². The predicted octanol–water partition coefficient (Wildman–Crippen LogP) is 2.48. The van der Waals surface area contributed by atoms with E-state index in [1.807, 2.05) is 24.3 Å². The summed E-state index contributed by atoms with van der Waals surface area (Å²) in [5, 5.41) is 5.15. The van der Waals surface area contributed by atoms with Gasteiger partial charge >= 0.3 is 76.7 Å². The van der Waals surface area contributed by atoms with Gasteiger partial charge in [-0.05, 0) is 11.1 Å². The molecule has 0 spiro atoms. The number of benzene rings is 3. The average Bonchev–Trinajstić information content (AvgIpc) is 3.55. The molecule has 0 saturated heterocycles. The third-order valence-corrected chi connectivity index (χ3v) is 6.87. The van der Waals surface area contributed by atoms with Gasteiger partial charge in [-0.25, -0.2) is 12.2 Å². The van der Waals surface area contributed by atoms with Crippen LogP contribution in [0.25, 0.3) is 33.7 Å². The molecule has 0 amide bonds. The van der Waals surface area contributed by atoms with Gasteiger partial charge in [0, 0.05) is 0 Å². The van der Waals surface area contributed by atoms with E-state index in [-0.39, 0.29) is 24.8 Å². The molecule has 0 bridgehead atoms. The van der Waals surface area contributed by atoms with Gasteiger partial charge in [0.2, 0.25) is 0 Å². The van der Waals surface area contributed by atoms with E-state index in [2.05, 4.69) is 105 Å². The standard InChI is InChI=1S/C17H13.C9H10.C5H5.2ClH.Zr/c1-3-12-5-7-14-11-15-8-6-13(4-2)10-17(15)16(14)9-12;1-2-6-9-7-4-3-5-8-9;1-2-4-5-3-1;;;/h3-11H,1-2H2;3-5,7-8H,2H2,1H3;1-3H,4H2;2*1H;/q-1;;-1;;;+2/p-2. The van der Waals surface area contributed by atoms with Gasteiger partial charge in [0.1, 0.15) is 0 Å². The van der Waals surface area contributed by atoms with Crippen LogP contribution in [-0.2, 0) is 24.2 Å². The maximum absolute atomic E-state index is 3.82. The van der Waals surface area contributed by atoms with Crippen LogP contribution in [0.1, 0.15) is 36.5 Å². The Kier molecular flexibility index (Phi) is 13.8. The van der Waals surface area contributed by atoms with Gasteiger partial charge in [-0.15, -0.1) is 46.2 Å². The van der Waals surface area contributed by atoms with Crippen molar-refractivity contribution in [2.75, 3.05) is 0 Å². The molecule has 4 aromatic carbocycles. The monoisotopic (exact) mass is 560 g/mol. The number of fused-ring (bicyclic) bond motifs is 3. The second kappa shape index (κ2) is 15.7. The Bertz CT molecular complexity index is 1200. The fraction of sp³-hybridized carbons (Fsp3) is 0.0968. The summed E-state index contributed by atoms with van der Waals surface area (Å²) >= 11 is 1.54. The van der Waals surface area contributed by atoms with Crippen LogP contribution in [0.4, 0.5) is 0 Å². The summed E-state index contributed by atoms with van der Waals surface area (Å²) in [7, 11) is 0. The first-order valence-electron chi connectivity index (χ1n) is 10.9. The minimum absolute atomic E-state index is 0. The maximum atomic E-state index is 3.82. The Morgan fingerprint density at radius 3 is 1.85 bits per heavy atom. The van der Waals surface area contributed by atoms with Gasteiger partial charge < -0.3 is 24.8 Å². The van der Waals surface area contributed by atoms with Crippen molar-refractivity contribution in [2.45, 2.75) is 19.8 Å². The molecule has 34 heavy (non-hydrogen) atoms. The van der Waals surface area contributed by atoms with Crippen LogP contribution in [-0.4, -0.2) is 3.21 Å². The van der Waals surface area contributed by atoms with Crippen LogP contribution >= 0.6 is 0 Å². The molecule has 0 N–H and O–H groups in total. The number of hydrogen-bond acceptors (Lipinski definition) is 0. The van der Waals surface area contributed by atoms with Crippen molar-refractivity contribution in [3.8, 4) is 0 Å². The van der Waals surface area contributed by atoms with Crippen LogP contribution < -0.4 is 24.8 Å². The molecule has 172 valence electrons. The molecule has 0 fully saturated rings. The minimum atomic E-state index is 0. The van der Waals surface area contributed by atoms with E-state index in [0.717, 1.165) is 17.5 Å². The minimum Gasteiger partial charge on any atom is -1.00 e. The molecule has 0 atom stereocenters. The normalized spacial score (nSPS) is 10.8. The van der Waals surface area contributed by atoms with Gasteiger partial charge in [0.15, 0.2) is 0 Å². The van der Waals surface area contributed by atoms with Gasteiger partial charge in [-0.3, -0.25) is 6.08 Å². The molecule has 0 heterocycles. The Hall–Kier alpha value is -2.18. The topological polar surface area (TPSA) is 0 Å². The summed E-state index contributed by atoms with van der Waals surface area (Å²) in [5.74, 6) is 0. The van der Waals surface area contributed by atoms with Crippen LogP contribution in [0.5, 0.6) is 0 Å². The zero-order valence-electron chi connectivity index (χ0n) is 19.4. The van der Waals surface area contributed by atoms with Crippen LogP contribution in [0.2, 0.25) is 0 Å². The molecule has 0 aromatic heterocycles. The van der Waals surface area contributed by atoms with Crippen molar-refractivity contribution >= 4 is 36.9 Å². The molecule has 4 aromatic rings. The molecule has 5 rings (SSSR count). The molecule has 0 unspecified atom stereocenters. The van der Waals surface area contributed by atoms with Crippen molar-refractivity contribution in [1.82, 2.24) is 0 Å². The van der Waals surface area contributed by atoms with E-state index in [1.54, 1.807) is 3.21 Å². The number of allylic oxidation sites excluding steroid dienone is 4. The number of rotatable bonds is 4. The van der Waals surface area contributed by atoms with Gasteiger partial charge in [0.25, 0.3) is 0 Å². The second-order valence-electron chi connectivity index (χ2n) is 7.45. The summed E-state index contributed by atoms with van der Waals surface area (Å²) in [6.07, 6.45) is 15.0. The molecule has 3 heteroatoms. The molecule has 0 aliphatic heterocycles. The fourth-order valence-electron chi connectivity index (χ4n) is 3.47. The summed E-state index contributed by atoms with van der Waals surface area (Å²) in [4.78, 5) is 0. The van der Waals surface area contributed by atoms with E-state index in [0.29, 0.717) is 0 Å². The van der Waals surface area contributed by atoms with E-state index < -0.39 is 0 Å². The quantitative estimate of drug-likeness (QED) is 0.336. The maximum Gasteiger partial charge on any atom is -0.109 e. The van der Waals surface area contributed by atoms with Crippen molar-refractivity contribution in [3.05, 3.63) is 127 Å². The van der Waals surface area contributed by atoms with Gasteiger partial charge in [-0.2, -0.15) is 6.08 Å². The molecular weight excluding hydrogens is 534 g/mol. The zero-order chi connectivity index (χ0) is 22.8. The second-order valence-corrected chi connectivity index (χ2v) is 8.93. The summed E-state index contributed by atoms with van der Waals surface area (Å²) in [6, 6.07) is 25.7. The van der Waals surface area contributed by atoms with Crippen molar-refractivity contribution in [1.29, 1.82) is 0 Å². The summed E-state index contributed by atoms with van der Waals surface area (Å²) in [5.41, 5.74) is 3.73. The first kappa shape index (κ1) is 29.9. The Morgan fingerprint density at radius 2 is 1.47 bits per heavy atom. The predicted molar refractivity (Wildman–Crippen MR) is 140 cm³/mol. The number of hydrogen-bond donors (Lipinski definition) is 0. The SMILES string of the molecule is C=Cc1ccc2[cH-]c3ccc(C=C)cc3c2c1.CC[C](=[Zr+2])c1ccccc1.[C-]1=CC=CC1.[Cl-].[Cl-]. The van der Waals surface area contributed by atoms with Crippen LogP contribution in [0, 0.1) is 6.08 Å². The molecular formula is C31H28Cl2Zr-2. The third-order valence-electron chi connectivity index (χ3n) is 5.29. The third kappa shape index (κ3) is 8.24. The fourth-order valence-corrected chi connectivity index (χ4v) is 3.88. The van der Waals surface area contributed by atoms with Crippen LogP contribution in [0.15, 0.2) is 104 Å². The summed E-state index contributed by atoms with van der Waals surface area (Å²) < 4.78 is 1.55. The van der Waals surface area contributed by atoms with Crippen molar-refractivity contribution < 1.29 is 49.0 Å². The molecule has 0 radical (unpaired) electrons. The molecule has 0 saturated carbocycles. The Labute approximate surface area is 231 Å². The summed E-state index contributed by atoms with van der Waals surface area (Å²) in [6.45, 7) is 9.84. The zero-order valence-corrected chi connectivity index (χ0v) is 23.4. The Balaban J connectivity index is 0.000000290. The van der Waals surface area contributed by atoms with Gasteiger partial charge in [0.05, 0.1) is 0 Å². The molecule has 0 nitrogen and oxygen atoms in total. The number of halogens is 2. The largest absolute Gasteiger partial charge is 1.00 e. The molecule has 1 aliphatic carbocycles. The van der Waals surface area contributed by atoms with Crippen LogP contribution in [0.3, 0.4) is 0 Å². The Morgan fingerprint density at radius 1 is 0.912 bits per heavy atom. The smallest absolute Gasteiger partial charge is 0.109 e. The van der Waals surface area contributed by atoms with Gasteiger partial charge in [-0.1, -0.05) is 49.6 Å². The average molecular weight is 563 g/mol. The van der Waals surface area contributed by atoms with E-state index in [4.69, 9.17) is 0 Å².